The molecule has 0 radical (unpaired) electrons. The molecule has 0 atom stereocenters. The van der Waals surface area contributed by atoms with Crippen molar-refractivity contribution in [1.82, 2.24) is 0 Å². The van der Waals surface area contributed by atoms with Gasteiger partial charge in [-0.05, 0) is 167 Å². The Morgan fingerprint density at radius 3 is 1.47 bits per heavy atom. The Bertz CT molecular complexity index is 3040. The SMILES string of the molecule is CCCCc1ccc(N(c2ccc(SI)cc2)c2ccc3c(c2)C(c2ccccc2)(c2ccccc2)c2cc(N(c4ccc(S)cc4)c4ccc(CCCC)cc4)c4ccccc4c2-3)cc1. The van der Waals surface area contributed by atoms with Gasteiger partial charge in [-0.2, -0.15) is 0 Å². The Morgan fingerprint density at radius 2 is 0.939 bits per heavy atom. The zero-order valence-electron chi connectivity index (χ0n) is 37.5. The molecule has 0 spiro atoms. The van der Waals surface area contributed by atoms with Crippen LogP contribution in [0.5, 0.6) is 0 Å². The lowest BCUT2D eigenvalue weighted by atomic mass is 9.67. The number of unbranched alkanes of at least 4 members (excludes halogenated alkanes) is 2. The van der Waals surface area contributed by atoms with Gasteiger partial charge < -0.3 is 9.80 Å². The molecule has 9 aromatic rings. The van der Waals surface area contributed by atoms with Crippen LogP contribution in [0.25, 0.3) is 21.9 Å². The summed E-state index contributed by atoms with van der Waals surface area (Å²) >= 11 is 7.11. The standard InChI is InChI=1S/C61H53IN2S2/c1-3-5-15-43-23-27-47(28-24-43)63(48-33-38-53(66-62)39-34-48)51-35-40-56-57(41-51)61(45-17-9-7-10-18-45,46-19-11-8-12-20-46)58-42-59(54-21-13-14-22-55(54)60(56)58)64(50-31-36-52(65)37-32-50)49-29-25-44(26-30-49)16-6-4-2/h7-14,17-42,65H,3-6,15-16H2,1-2H3. The number of hydrogen-bond donors (Lipinski definition) is 1. The van der Waals surface area contributed by atoms with Crippen molar-refractivity contribution in [1.29, 1.82) is 0 Å². The molecule has 0 saturated carbocycles. The summed E-state index contributed by atoms with van der Waals surface area (Å²) in [6.07, 6.45) is 6.89. The lowest BCUT2D eigenvalue weighted by Crippen LogP contribution is -2.29. The highest BCUT2D eigenvalue weighted by molar-refractivity contribution is 14.2. The van der Waals surface area contributed by atoms with E-state index in [1.165, 1.54) is 85.9 Å². The Labute approximate surface area is 412 Å². The van der Waals surface area contributed by atoms with Crippen LogP contribution >= 0.6 is 42.8 Å². The van der Waals surface area contributed by atoms with Gasteiger partial charge in [0, 0.05) is 64.8 Å². The average molecular weight is 1010 g/mol. The molecular weight excluding hydrogens is 952 g/mol. The molecule has 0 amide bonds. The molecule has 0 N–H and O–H groups in total. The monoisotopic (exact) mass is 1000 g/mol. The number of nitrogens with zero attached hydrogens (tertiary/aromatic N) is 2. The maximum Gasteiger partial charge on any atom is 0.0715 e. The first kappa shape index (κ1) is 44.1. The van der Waals surface area contributed by atoms with Gasteiger partial charge in [0.15, 0.2) is 0 Å². The minimum Gasteiger partial charge on any atom is -0.310 e. The van der Waals surface area contributed by atoms with Crippen LogP contribution in [0.2, 0.25) is 0 Å². The van der Waals surface area contributed by atoms with E-state index in [0.29, 0.717) is 0 Å². The zero-order valence-corrected chi connectivity index (χ0v) is 41.4. The number of rotatable bonds is 15. The summed E-state index contributed by atoms with van der Waals surface area (Å²) in [6, 6.07) is 77.3. The van der Waals surface area contributed by atoms with Crippen molar-refractivity contribution in [2.24, 2.45) is 0 Å². The number of thiol groups is 1. The molecule has 0 aliphatic heterocycles. The topological polar surface area (TPSA) is 6.48 Å². The van der Waals surface area contributed by atoms with Crippen molar-refractivity contribution in [3.8, 4) is 11.1 Å². The molecule has 66 heavy (non-hydrogen) atoms. The molecule has 0 heterocycles. The van der Waals surface area contributed by atoms with E-state index in [4.69, 9.17) is 12.6 Å². The van der Waals surface area contributed by atoms with E-state index >= 15 is 0 Å². The highest BCUT2D eigenvalue weighted by Gasteiger charge is 2.48. The van der Waals surface area contributed by atoms with Crippen molar-refractivity contribution in [2.75, 3.05) is 9.80 Å². The van der Waals surface area contributed by atoms with Gasteiger partial charge in [0.05, 0.1) is 11.1 Å². The maximum absolute atomic E-state index is 4.74. The van der Waals surface area contributed by atoms with Crippen LogP contribution in [-0.4, -0.2) is 0 Å². The van der Waals surface area contributed by atoms with E-state index in [1.54, 1.807) is 8.93 Å². The van der Waals surface area contributed by atoms with Crippen LogP contribution in [0.1, 0.15) is 72.9 Å². The Kier molecular flexibility index (Phi) is 13.1. The summed E-state index contributed by atoms with van der Waals surface area (Å²) in [5.74, 6) is 0. The normalized spacial score (nSPS) is 12.5. The number of aryl methyl sites for hydroxylation is 2. The summed E-state index contributed by atoms with van der Waals surface area (Å²) < 4.78 is 0. The van der Waals surface area contributed by atoms with E-state index in [2.05, 4.69) is 251 Å². The van der Waals surface area contributed by atoms with Crippen molar-refractivity contribution in [2.45, 2.75) is 67.6 Å². The van der Waals surface area contributed by atoms with Gasteiger partial charge in [-0.3, -0.25) is 0 Å². The van der Waals surface area contributed by atoms with Gasteiger partial charge in [0.25, 0.3) is 0 Å². The first-order chi connectivity index (χ1) is 32.5. The second-order valence-corrected chi connectivity index (χ2v) is 19.8. The Morgan fingerprint density at radius 1 is 0.470 bits per heavy atom. The smallest absolute Gasteiger partial charge is 0.0715 e. The van der Waals surface area contributed by atoms with E-state index in [0.717, 1.165) is 51.9 Å². The van der Waals surface area contributed by atoms with Crippen LogP contribution in [0.15, 0.2) is 216 Å². The van der Waals surface area contributed by atoms with E-state index in [1.807, 2.05) is 0 Å². The van der Waals surface area contributed by atoms with Gasteiger partial charge in [0.2, 0.25) is 0 Å². The van der Waals surface area contributed by atoms with Crippen molar-refractivity contribution >= 4 is 87.7 Å². The summed E-state index contributed by atoms with van der Waals surface area (Å²) in [6.45, 7) is 4.52. The molecule has 1 aliphatic rings. The Hall–Kier alpha value is -5.73. The third-order valence-electron chi connectivity index (χ3n) is 13.3. The molecule has 0 aromatic heterocycles. The van der Waals surface area contributed by atoms with E-state index in [-0.39, 0.29) is 0 Å². The summed E-state index contributed by atoms with van der Waals surface area (Å²) in [5.41, 5.74) is 16.3. The third-order valence-corrected chi connectivity index (χ3v) is 15.6. The summed E-state index contributed by atoms with van der Waals surface area (Å²) in [7, 11) is 1.74. The largest absolute Gasteiger partial charge is 0.310 e. The lowest BCUT2D eigenvalue weighted by Gasteiger charge is -2.36. The van der Waals surface area contributed by atoms with Crippen LogP contribution in [0.3, 0.4) is 0 Å². The molecule has 2 nitrogen and oxygen atoms in total. The molecule has 0 unspecified atom stereocenters. The quantitative estimate of drug-likeness (QED) is 0.0808. The number of hydrogen-bond acceptors (Lipinski definition) is 4. The molecular formula is C61H53IN2S2. The predicted octanol–water partition coefficient (Wildman–Crippen LogP) is 18.6. The second kappa shape index (κ2) is 19.6. The van der Waals surface area contributed by atoms with Crippen molar-refractivity contribution in [3.05, 3.63) is 240 Å². The lowest BCUT2D eigenvalue weighted by molar-refractivity contribution is 0.769. The molecule has 0 bridgehead atoms. The molecule has 326 valence electrons. The van der Waals surface area contributed by atoms with E-state index in [9.17, 15) is 0 Å². The van der Waals surface area contributed by atoms with Gasteiger partial charge in [0.1, 0.15) is 0 Å². The minimum atomic E-state index is -0.663. The highest BCUT2D eigenvalue weighted by atomic mass is 127. The van der Waals surface area contributed by atoms with Crippen LogP contribution < -0.4 is 9.80 Å². The minimum absolute atomic E-state index is 0.663. The number of benzene rings is 9. The predicted molar refractivity (Wildman–Crippen MR) is 295 cm³/mol. The van der Waals surface area contributed by atoms with Crippen LogP contribution in [0, 0.1) is 0 Å². The van der Waals surface area contributed by atoms with Crippen LogP contribution in [0.4, 0.5) is 34.1 Å². The van der Waals surface area contributed by atoms with Gasteiger partial charge in [-0.1, -0.05) is 151 Å². The molecule has 5 heteroatoms. The average Bonchev–Trinajstić information content (AvgIpc) is 3.67. The van der Waals surface area contributed by atoms with E-state index < -0.39 is 5.41 Å². The second-order valence-electron chi connectivity index (χ2n) is 17.4. The fourth-order valence-electron chi connectivity index (χ4n) is 10.1. The first-order valence-corrected chi connectivity index (χ1v) is 27.1. The highest BCUT2D eigenvalue weighted by Crippen LogP contribution is 2.60. The van der Waals surface area contributed by atoms with Crippen molar-refractivity contribution < 1.29 is 0 Å². The molecule has 1 aliphatic carbocycles. The molecule has 9 aromatic carbocycles. The first-order valence-electron chi connectivity index (χ1n) is 23.3. The molecule has 0 saturated heterocycles. The maximum atomic E-state index is 4.74. The summed E-state index contributed by atoms with van der Waals surface area (Å²) in [5, 5.41) is 2.43. The summed E-state index contributed by atoms with van der Waals surface area (Å²) in [4.78, 5) is 7.07. The van der Waals surface area contributed by atoms with Crippen LogP contribution in [-0.2, 0) is 18.3 Å². The molecule has 10 rings (SSSR count). The number of fused-ring (bicyclic) bond motifs is 5. The number of anilines is 6. The van der Waals surface area contributed by atoms with Gasteiger partial charge in [-0.25, -0.2) is 0 Å². The molecule has 0 fully saturated rings. The van der Waals surface area contributed by atoms with Gasteiger partial charge >= 0.3 is 0 Å². The number of halogens is 1. The fraction of sp³-hybridized carbons (Fsp3) is 0.148. The van der Waals surface area contributed by atoms with Gasteiger partial charge in [-0.15, -0.1) is 12.6 Å². The third kappa shape index (κ3) is 8.24. The fourth-order valence-corrected chi connectivity index (χ4v) is 11.4. The Balaban J connectivity index is 1.26. The zero-order chi connectivity index (χ0) is 45.0. The van der Waals surface area contributed by atoms with Crippen molar-refractivity contribution in [3.63, 3.8) is 0 Å².